The Labute approximate surface area is 96.9 Å². The van der Waals surface area contributed by atoms with Gasteiger partial charge < -0.3 is 0 Å². The number of nitrogens with zero attached hydrogens (tertiary/aromatic N) is 4. The third-order valence-electron chi connectivity index (χ3n) is 2.06. The largest absolute Gasteiger partial charge is 0.273 e. The van der Waals surface area contributed by atoms with Crippen LogP contribution in [0.1, 0.15) is 11.4 Å². The first-order chi connectivity index (χ1) is 7.77. The summed E-state index contributed by atoms with van der Waals surface area (Å²) >= 11 is 5.89. The molecule has 0 atom stereocenters. The molecule has 0 fully saturated rings. The summed E-state index contributed by atoms with van der Waals surface area (Å²) in [4.78, 5) is 3.82. The number of para-hydroxylation sites is 1. The lowest BCUT2D eigenvalue weighted by Gasteiger charge is -2.03. The second kappa shape index (κ2) is 4.06. The van der Waals surface area contributed by atoms with Gasteiger partial charge >= 0.3 is 0 Å². The molecule has 1 aromatic carbocycles. The van der Waals surface area contributed by atoms with Gasteiger partial charge in [0.1, 0.15) is 12.1 Å². The first-order valence-electron chi connectivity index (χ1n) is 4.41. The number of rotatable bonds is 1. The van der Waals surface area contributed by atoms with E-state index in [-0.39, 0.29) is 16.7 Å². The zero-order valence-electron chi connectivity index (χ0n) is 8.05. The van der Waals surface area contributed by atoms with Gasteiger partial charge in [0.15, 0.2) is 11.4 Å². The molecule has 2 aromatic rings. The average molecular weight is 229 g/mol. The van der Waals surface area contributed by atoms with Crippen molar-refractivity contribution in [3.63, 3.8) is 0 Å². The molecule has 1 heterocycles. The summed E-state index contributed by atoms with van der Waals surface area (Å²) in [6, 6.07) is 12.8. The molecular formula is C11H5ClN4. The van der Waals surface area contributed by atoms with E-state index in [1.165, 1.54) is 4.57 Å². The molecule has 2 rings (SSSR count). The van der Waals surface area contributed by atoms with Gasteiger partial charge in [-0.15, -0.1) is 0 Å². The molecule has 0 aliphatic rings. The first-order valence-corrected chi connectivity index (χ1v) is 4.79. The lowest BCUT2D eigenvalue weighted by molar-refractivity contribution is 1.04. The van der Waals surface area contributed by atoms with Gasteiger partial charge in [-0.25, -0.2) is 4.98 Å². The number of hydrogen-bond acceptors (Lipinski definition) is 3. The van der Waals surface area contributed by atoms with Gasteiger partial charge in [0.05, 0.1) is 0 Å². The molecular weight excluding hydrogens is 224 g/mol. The van der Waals surface area contributed by atoms with Crippen molar-refractivity contribution in [2.24, 2.45) is 0 Å². The highest BCUT2D eigenvalue weighted by molar-refractivity contribution is 6.28. The highest BCUT2D eigenvalue weighted by atomic mass is 35.5. The third kappa shape index (κ3) is 1.52. The van der Waals surface area contributed by atoms with Crippen LogP contribution in [-0.2, 0) is 0 Å². The first kappa shape index (κ1) is 10.2. The van der Waals surface area contributed by atoms with Crippen LogP contribution in [0.4, 0.5) is 0 Å². The van der Waals surface area contributed by atoms with Crippen LogP contribution >= 0.6 is 11.6 Å². The molecule has 0 unspecified atom stereocenters. The summed E-state index contributed by atoms with van der Waals surface area (Å²) in [6.45, 7) is 0. The van der Waals surface area contributed by atoms with Gasteiger partial charge in [-0.2, -0.15) is 10.5 Å². The predicted octanol–water partition coefficient (Wildman–Crippen LogP) is 2.27. The van der Waals surface area contributed by atoms with E-state index >= 15 is 0 Å². The Kier molecular flexibility index (Phi) is 2.59. The highest BCUT2D eigenvalue weighted by Crippen LogP contribution is 2.20. The number of halogens is 1. The van der Waals surface area contributed by atoms with Crippen LogP contribution in [0.25, 0.3) is 5.69 Å². The minimum absolute atomic E-state index is 0.0383. The van der Waals surface area contributed by atoms with Crippen molar-refractivity contribution in [2.45, 2.75) is 0 Å². The van der Waals surface area contributed by atoms with Crippen molar-refractivity contribution in [3.05, 3.63) is 47.0 Å². The summed E-state index contributed by atoms with van der Waals surface area (Å²) < 4.78 is 1.44. The number of benzene rings is 1. The zero-order chi connectivity index (χ0) is 11.5. The van der Waals surface area contributed by atoms with E-state index in [4.69, 9.17) is 22.1 Å². The molecule has 0 N–H and O–H groups in total. The predicted molar refractivity (Wildman–Crippen MR) is 58.0 cm³/mol. The van der Waals surface area contributed by atoms with E-state index in [2.05, 4.69) is 4.98 Å². The number of hydrogen-bond donors (Lipinski definition) is 0. The topological polar surface area (TPSA) is 65.4 Å². The summed E-state index contributed by atoms with van der Waals surface area (Å²) in [5.74, 6) is 0. The summed E-state index contributed by atoms with van der Waals surface area (Å²) in [5.41, 5.74) is 0.896. The maximum absolute atomic E-state index is 8.98. The monoisotopic (exact) mass is 228 g/mol. The number of imidazole rings is 1. The van der Waals surface area contributed by atoms with E-state index < -0.39 is 0 Å². The Hall–Kier alpha value is -2.30. The molecule has 0 amide bonds. The van der Waals surface area contributed by atoms with Crippen molar-refractivity contribution in [1.29, 1.82) is 10.5 Å². The van der Waals surface area contributed by atoms with Gasteiger partial charge in [0.25, 0.3) is 0 Å². The van der Waals surface area contributed by atoms with Gasteiger partial charge in [-0.1, -0.05) is 18.2 Å². The minimum atomic E-state index is 0.0383. The molecule has 0 aliphatic heterocycles. The Morgan fingerprint density at radius 1 is 1.12 bits per heavy atom. The lowest BCUT2D eigenvalue weighted by Crippen LogP contribution is -1.97. The number of nitriles is 2. The molecule has 0 saturated carbocycles. The van der Waals surface area contributed by atoms with Crippen molar-refractivity contribution in [3.8, 4) is 17.8 Å². The van der Waals surface area contributed by atoms with Crippen LogP contribution in [0.3, 0.4) is 0 Å². The summed E-state index contributed by atoms with van der Waals surface area (Å²) in [6.07, 6.45) is 0. The van der Waals surface area contributed by atoms with E-state index in [1.54, 1.807) is 12.1 Å². The van der Waals surface area contributed by atoms with Crippen LogP contribution in [-0.4, -0.2) is 9.55 Å². The van der Waals surface area contributed by atoms with E-state index in [9.17, 15) is 0 Å². The highest BCUT2D eigenvalue weighted by Gasteiger charge is 2.16. The maximum atomic E-state index is 8.98. The fourth-order valence-corrected chi connectivity index (χ4v) is 1.65. The SMILES string of the molecule is N#Cc1nc(Cl)n(-c2ccccc2)c1C#N. The van der Waals surface area contributed by atoms with Gasteiger partial charge in [-0.3, -0.25) is 4.57 Å². The minimum Gasteiger partial charge on any atom is -0.273 e. The van der Waals surface area contributed by atoms with Crippen LogP contribution in [0, 0.1) is 22.7 Å². The van der Waals surface area contributed by atoms with E-state index in [1.807, 2.05) is 30.3 Å². The fourth-order valence-electron chi connectivity index (χ4n) is 1.39. The molecule has 0 saturated heterocycles. The molecule has 16 heavy (non-hydrogen) atoms. The second-order valence-corrected chi connectivity index (χ2v) is 3.31. The normalized spacial score (nSPS) is 9.44. The molecule has 0 bridgehead atoms. The summed E-state index contributed by atoms with van der Waals surface area (Å²) in [7, 11) is 0. The molecule has 4 nitrogen and oxygen atoms in total. The van der Waals surface area contributed by atoms with Crippen LogP contribution in [0.2, 0.25) is 5.28 Å². The average Bonchev–Trinajstić information content (AvgIpc) is 2.66. The second-order valence-electron chi connectivity index (χ2n) is 2.97. The maximum Gasteiger partial charge on any atom is 0.209 e. The Bertz CT molecular complexity index is 601. The molecule has 5 heteroatoms. The van der Waals surface area contributed by atoms with Gasteiger partial charge in [-0.05, 0) is 23.7 Å². The lowest BCUT2D eigenvalue weighted by atomic mass is 10.3. The quantitative estimate of drug-likeness (QED) is 0.752. The smallest absolute Gasteiger partial charge is 0.209 e. The summed E-state index contributed by atoms with van der Waals surface area (Å²) in [5, 5.41) is 17.9. The van der Waals surface area contributed by atoms with Crippen molar-refractivity contribution in [2.75, 3.05) is 0 Å². The zero-order valence-corrected chi connectivity index (χ0v) is 8.81. The van der Waals surface area contributed by atoms with E-state index in [0.717, 1.165) is 0 Å². The molecule has 76 valence electrons. The van der Waals surface area contributed by atoms with Crippen molar-refractivity contribution in [1.82, 2.24) is 9.55 Å². The van der Waals surface area contributed by atoms with Crippen LogP contribution in [0.15, 0.2) is 30.3 Å². The Morgan fingerprint density at radius 2 is 1.81 bits per heavy atom. The van der Waals surface area contributed by atoms with Crippen LogP contribution in [0.5, 0.6) is 0 Å². The number of aromatic nitrogens is 2. The molecule has 0 spiro atoms. The van der Waals surface area contributed by atoms with Gasteiger partial charge in [0.2, 0.25) is 5.28 Å². The van der Waals surface area contributed by atoms with E-state index in [0.29, 0.717) is 5.69 Å². The van der Waals surface area contributed by atoms with Crippen molar-refractivity contribution >= 4 is 11.6 Å². The fraction of sp³-hybridized carbons (Fsp3) is 0. The third-order valence-corrected chi connectivity index (χ3v) is 2.32. The molecule has 0 radical (unpaired) electrons. The molecule has 0 aliphatic carbocycles. The Balaban J connectivity index is 2.72. The van der Waals surface area contributed by atoms with Crippen LogP contribution < -0.4 is 0 Å². The molecule has 1 aromatic heterocycles. The van der Waals surface area contributed by atoms with Crippen molar-refractivity contribution < 1.29 is 0 Å². The van der Waals surface area contributed by atoms with Gasteiger partial charge in [0, 0.05) is 5.69 Å². The Morgan fingerprint density at radius 3 is 2.38 bits per heavy atom. The standard InChI is InChI=1S/C11H5ClN4/c12-11-15-9(6-13)10(7-14)16(11)8-4-2-1-3-5-8/h1-5H.